The van der Waals surface area contributed by atoms with Crippen molar-refractivity contribution in [3.63, 3.8) is 0 Å². The van der Waals surface area contributed by atoms with Crippen molar-refractivity contribution in [1.82, 2.24) is 9.55 Å². The SMILES string of the molecule is CC(C)(C)c1cc(Oc2ccc3c4cc(C(C)(C)c5ccccc5)ccc4n(-c4cc(C(C)(C)c5ccccc5)ccn4)c3c2)cc(N2CN(c3cc(-c4ccccc4)cc(C(C)(C)C)c3)c3ccc(C(C)(C)C)cc32)c1. The molecule has 0 amide bonds. The Kier molecular flexibility index (Phi) is 12.6. The quantitative estimate of drug-likeness (QED) is 0.137. The summed E-state index contributed by atoms with van der Waals surface area (Å²) in [7, 11) is 0. The van der Waals surface area contributed by atoms with E-state index in [1.54, 1.807) is 0 Å². The van der Waals surface area contributed by atoms with E-state index < -0.39 is 0 Å². The van der Waals surface area contributed by atoms with Crippen molar-refractivity contribution < 1.29 is 4.74 Å². The highest BCUT2D eigenvalue weighted by Crippen LogP contribution is 2.49. The number of nitrogens with zero attached hydrogens (tertiary/aromatic N) is 4. The first-order chi connectivity index (χ1) is 36.5. The van der Waals surface area contributed by atoms with Crippen LogP contribution in [0.2, 0.25) is 0 Å². The average molecular weight is 1010 g/mol. The van der Waals surface area contributed by atoms with Gasteiger partial charge in [-0.3, -0.25) is 4.57 Å². The van der Waals surface area contributed by atoms with Gasteiger partial charge in [-0.05, 0) is 139 Å². The lowest BCUT2D eigenvalue weighted by Gasteiger charge is -2.28. The summed E-state index contributed by atoms with van der Waals surface area (Å²) in [5.74, 6) is 2.42. The van der Waals surface area contributed by atoms with Gasteiger partial charge >= 0.3 is 0 Å². The molecule has 0 saturated heterocycles. The molecule has 8 aromatic carbocycles. The van der Waals surface area contributed by atoms with Gasteiger partial charge in [0.25, 0.3) is 0 Å². The van der Waals surface area contributed by atoms with Gasteiger partial charge in [0.2, 0.25) is 0 Å². The van der Waals surface area contributed by atoms with Crippen molar-refractivity contribution >= 4 is 44.6 Å². The summed E-state index contributed by atoms with van der Waals surface area (Å²) in [5, 5.41) is 2.32. The molecule has 11 rings (SSSR count). The standard InChI is InChI=1S/C72H74N4O/c1-68(2,3)52-29-34-64-66(43-52)75(47-74(64)57-38-49(48-23-17-14-18-24-48)37-55(39-57)69(4,5)6)58-40-56(70(7,8)9)41-60(45-58)77-59-31-32-61-62-42-53(71(10,11)50-25-19-15-20-26-50)30-33-63(62)76(65(61)46-59)67-44-54(35-36-73-67)72(12,13)51-27-21-16-22-28-51/h14-46H,47H2,1-13H3. The molecule has 388 valence electrons. The first kappa shape index (κ1) is 51.2. The largest absolute Gasteiger partial charge is 0.457 e. The number of rotatable bonds is 10. The minimum Gasteiger partial charge on any atom is -0.457 e. The molecule has 0 N–H and O–H groups in total. The van der Waals surface area contributed by atoms with Crippen molar-refractivity contribution in [3.8, 4) is 28.4 Å². The minimum absolute atomic E-state index is 0.0437. The van der Waals surface area contributed by atoms with E-state index in [4.69, 9.17) is 9.72 Å². The Morgan fingerprint density at radius 1 is 0.364 bits per heavy atom. The van der Waals surface area contributed by atoms with Crippen molar-refractivity contribution in [2.45, 2.75) is 117 Å². The van der Waals surface area contributed by atoms with Gasteiger partial charge in [-0.1, -0.05) is 199 Å². The van der Waals surface area contributed by atoms with E-state index in [9.17, 15) is 0 Å². The summed E-state index contributed by atoms with van der Waals surface area (Å²) in [6.07, 6.45) is 1.96. The van der Waals surface area contributed by atoms with E-state index in [0.717, 1.165) is 39.4 Å². The third-order valence-corrected chi connectivity index (χ3v) is 16.4. The topological polar surface area (TPSA) is 33.5 Å². The van der Waals surface area contributed by atoms with Crippen LogP contribution >= 0.6 is 0 Å². The fourth-order valence-electron chi connectivity index (χ4n) is 11.2. The third-order valence-electron chi connectivity index (χ3n) is 16.4. The summed E-state index contributed by atoms with van der Waals surface area (Å²) in [6, 6.07) is 71.4. The van der Waals surface area contributed by atoms with Crippen LogP contribution in [0.5, 0.6) is 11.5 Å². The van der Waals surface area contributed by atoms with Gasteiger partial charge in [0.1, 0.15) is 24.0 Å². The molecule has 5 nitrogen and oxygen atoms in total. The smallest absolute Gasteiger partial charge is 0.137 e. The van der Waals surface area contributed by atoms with Crippen LogP contribution in [0.15, 0.2) is 200 Å². The maximum Gasteiger partial charge on any atom is 0.137 e. The van der Waals surface area contributed by atoms with E-state index in [-0.39, 0.29) is 27.1 Å². The van der Waals surface area contributed by atoms with E-state index in [1.165, 1.54) is 72.5 Å². The summed E-state index contributed by atoms with van der Waals surface area (Å²) < 4.78 is 9.53. The highest BCUT2D eigenvalue weighted by atomic mass is 16.5. The summed E-state index contributed by atoms with van der Waals surface area (Å²) in [4.78, 5) is 10.1. The molecule has 0 aliphatic carbocycles. The highest BCUT2D eigenvalue weighted by Gasteiger charge is 2.33. The van der Waals surface area contributed by atoms with Crippen LogP contribution in [0.4, 0.5) is 22.7 Å². The van der Waals surface area contributed by atoms with Gasteiger partial charge in [0.05, 0.1) is 22.4 Å². The number of fused-ring (bicyclic) bond motifs is 4. The number of pyridine rings is 1. The summed E-state index contributed by atoms with van der Waals surface area (Å²) in [6.45, 7) is 30.6. The van der Waals surface area contributed by atoms with Crippen molar-refractivity contribution in [3.05, 3.63) is 239 Å². The second-order valence-electron chi connectivity index (χ2n) is 25.5. The second kappa shape index (κ2) is 19.0. The first-order valence-corrected chi connectivity index (χ1v) is 27.4. The Morgan fingerprint density at radius 3 is 1.55 bits per heavy atom. The molecule has 5 heteroatoms. The van der Waals surface area contributed by atoms with E-state index >= 15 is 0 Å². The lowest BCUT2D eigenvalue weighted by atomic mass is 9.78. The van der Waals surface area contributed by atoms with E-state index in [0.29, 0.717) is 6.67 Å². The van der Waals surface area contributed by atoms with Crippen LogP contribution < -0.4 is 14.5 Å². The Hall–Kier alpha value is -7.89. The molecular weight excluding hydrogens is 937 g/mol. The number of benzene rings is 8. The van der Waals surface area contributed by atoms with Gasteiger partial charge in [0, 0.05) is 51.3 Å². The Bertz CT molecular complexity index is 3810. The number of ether oxygens (including phenoxy) is 1. The Balaban J connectivity index is 1.04. The third kappa shape index (κ3) is 9.71. The van der Waals surface area contributed by atoms with Crippen LogP contribution in [0.25, 0.3) is 38.8 Å². The molecule has 0 atom stereocenters. The van der Waals surface area contributed by atoms with Crippen LogP contribution in [-0.2, 0) is 27.1 Å². The average Bonchev–Trinajstić information content (AvgIpc) is 4.01. The molecule has 0 spiro atoms. The number of hydrogen-bond donors (Lipinski definition) is 0. The molecule has 0 bridgehead atoms. The van der Waals surface area contributed by atoms with E-state index in [2.05, 4.69) is 298 Å². The lowest BCUT2D eigenvalue weighted by Crippen LogP contribution is -2.25. The van der Waals surface area contributed by atoms with Gasteiger partial charge < -0.3 is 14.5 Å². The van der Waals surface area contributed by atoms with Gasteiger partial charge in [0.15, 0.2) is 0 Å². The first-order valence-electron chi connectivity index (χ1n) is 27.4. The summed E-state index contributed by atoms with van der Waals surface area (Å²) in [5.41, 5.74) is 17.2. The fourth-order valence-corrected chi connectivity index (χ4v) is 11.2. The van der Waals surface area contributed by atoms with E-state index in [1.807, 2.05) is 6.20 Å². The molecule has 1 aliphatic rings. The monoisotopic (exact) mass is 1010 g/mol. The molecule has 0 radical (unpaired) electrons. The lowest BCUT2D eigenvalue weighted by molar-refractivity contribution is 0.479. The Morgan fingerprint density at radius 2 is 0.922 bits per heavy atom. The van der Waals surface area contributed by atoms with Crippen LogP contribution in [0.3, 0.4) is 0 Å². The van der Waals surface area contributed by atoms with Crippen LogP contribution in [-0.4, -0.2) is 16.2 Å². The van der Waals surface area contributed by atoms with Crippen LogP contribution in [0.1, 0.15) is 129 Å². The molecule has 1 aliphatic heterocycles. The second-order valence-corrected chi connectivity index (χ2v) is 25.5. The van der Waals surface area contributed by atoms with Gasteiger partial charge in [-0.2, -0.15) is 0 Å². The van der Waals surface area contributed by atoms with Crippen LogP contribution in [0, 0.1) is 0 Å². The normalized spacial score (nSPS) is 13.4. The molecular formula is C72H74N4O. The van der Waals surface area contributed by atoms with Gasteiger partial charge in [-0.25, -0.2) is 4.98 Å². The molecule has 3 heterocycles. The molecule has 0 unspecified atom stereocenters. The minimum atomic E-state index is -0.253. The molecule has 2 aromatic heterocycles. The predicted octanol–water partition coefficient (Wildman–Crippen LogP) is 19.4. The van der Waals surface area contributed by atoms with Crippen molar-refractivity contribution in [1.29, 1.82) is 0 Å². The molecule has 10 aromatic rings. The summed E-state index contributed by atoms with van der Waals surface area (Å²) >= 11 is 0. The zero-order valence-electron chi connectivity index (χ0n) is 47.5. The maximum atomic E-state index is 7.20. The van der Waals surface area contributed by atoms with Gasteiger partial charge in [-0.15, -0.1) is 0 Å². The maximum absolute atomic E-state index is 7.20. The molecule has 0 fully saturated rings. The zero-order chi connectivity index (χ0) is 54.2. The zero-order valence-corrected chi connectivity index (χ0v) is 47.5. The number of aromatic nitrogens is 2. The number of anilines is 4. The predicted molar refractivity (Wildman–Crippen MR) is 326 cm³/mol. The molecule has 77 heavy (non-hydrogen) atoms. The fraction of sp³-hybridized carbons (Fsp3) is 0.264. The van der Waals surface area contributed by atoms with Crippen molar-refractivity contribution in [2.75, 3.05) is 16.5 Å². The highest BCUT2D eigenvalue weighted by molar-refractivity contribution is 6.10. The Labute approximate surface area is 457 Å². The van der Waals surface area contributed by atoms with Crippen molar-refractivity contribution in [2.24, 2.45) is 0 Å². The number of hydrogen-bond acceptors (Lipinski definition) is 4. The molecule has 0 saturated carbocycles.